The summed E-state index contributed by atoms with van der Waals surface area (Å²) in [7, 11) is 0. The van der Waals surface area contributed by atoms with Crippen LogP contribution in [0.15, 0.2) is 48.5 Å². The Balaban J connectivity index is 1.65. The van der Waals surface area contributed by atoms with Gasteiger partial charge in [-0.1, -0.05) is 18.2 Å². The summed E-state index contributed by atoms with van der Waals surface area (Å²) in [4.78, 5) is 12.3. The van der Waals surface area contributed by atoms with Gasteiger partial charge in [-0.15, -0.1) is 0 Å². The number of aromatic hydroxyl groups is 4. The monoisotopic (exact) mass is 436 g/mol. The lowest BCUT2D eigenvalue weighted by atomic mass is 9.82. The molecule has 0 saturated heterocycles. The Bertz CT molecular complexity index is 1220. The predicted molar refractivity (Wildman–Crippen MR) is 111 cm³/mol. The molecule has 0 radical (unpaired) electrons. The van der Waals surface area contributed by atoms with Crippen molar-refractivity contribution in [2.75, 3.05) is 0 Å². The molecule has 5 rings (SSSR count). The normalized spacial score (nSPS) is 21.8. The van der Waals surface area contributed by atoms with Crippen molar-refractivity contribution >= 4 is 5.97 Å². The molecule has 5 N–H and O–H groups in total. The number of esters is 1. The van der Waals surface area contributed by atoms with Gasteiger partial charge in [0, 0.05) is 29.5 Å². The van der Waals surface area contributed by atoms with Crippen LogP contribution in [-0.4, -0.2) is 37.6 Å². The Kier molecular flexibility index (Phi) is 4.60. The molecule has 164 valence electrons. The van der Waals surface area contributed by atoms with E-state index in [-0.39, 0.29) is 41.6 Å². The summed E-state index contributed by atoms with van der Waals surface area (Å²) in [5.74, 6) is -1.17. The van der Waals surface area contributed by atoms with Gasteiger partial charge in [0.15, 0.2) is 11.5 Å². The van der Waals surface area contributed by atoms with E-state index in [1.807, 2.05) is 0 Å². The number of carbonyl (C=O) groups excluding carboxylic acids is 1. The third-order valence-corrected chi connectivity index (χ3v) is 5.94. The van der Waals surface area contributed by atoms with Crippen LogP contribution in [0.25, 0.3) is 0 Å². The van der Waals surface area contributed by atoms with Gasteiger partial charge >= 0.3 is 5.97 Å². The first kappa shape index (κ1) is 20.0. The molecule has 0 spiro atoms. The largest absolute Gasteiger partial charge is 0.508 e. The van der Waals surface area contributed by atoms with Gasteiger partial charge in [0.1, 0.15) is 29.1 Å². The van der Waals surface area contributed by atoms with Crippen LogP contribution >= 0.6 is 0 Å². The Hall–Kier alpha value is -3.91. The molecule has 8 nitrogen and oxygen atoms in total. The average molecular weight is 436 g/mol. The van der Waals surface area contributed by atoms with Crippen molar-refractivity contribution in [1.29, 1.82) is 0 Å². The fourth-order valence-electron chi connectivity index (χ4n) is 4.38. The van der Waals surface area contributed by atoms with Gasteiger partial charge in [-0.05, 0) is 35.4 Å². The quantitative estimate of drug-likeness (QED) is 0.235. The number of hydrogen-bond donors (Lipinski definition) is 5. The molecule has 0 saturated carbocycles. The Labute approximate surface area is 182 Å². The van der Waals surface area contributed by atoms with Crippen LogP contribution < -0.4 is 9.47 Å². The number of ether oxygens (including phenoxy) is 2. The molecule has 2 heterocycles. The highest BCUT2D eigenvalue weighted by atomic mass is 16.5. The molecule has 0 amide bonds. The summed E-state index contributed by atoms with van der Waals surface area (Å²) in [5.41, 5.74) is 2.13. The maximum atomic E-state index is 12.3. The molecular weight excluding hydrogens is 416 g/mol. The standard InChI is InChI=1S/C24H20O8/c25-13-4-1-11(2-5-13)14-9-21(30)31-20-10-17(27)15-8-19(29)23(32-24(15)22(14)20)12-3-6-16(26)18(28)7-12/h1-7,10,14,19,23,25-29H,8-9H2/t14?,19-,23+/m0/s1. The number of benzene rings is 3. The van der Waals surface area contributed by atoms with E-state index in [4.69, 9.17) is 9.47 Å². The second-order valence-corrected chi connectivity index (χ2v) is 8.00. The molecule has 8 heteroatoms. The van der Waals surface area contributed by atoms with Gasteiger partial charge in [-0.2, -0.15) is 0 Å². The highest BCUT2D eigenvalue weighted by Gasteiger charge is 2.40. The van der Waals surface area contributed by atoms with Gasteiger partial charge in [-0.3, -0.25) is 4.79 Å². The third kappa shape index (κ3) is 3.25. The van der Waals surface area contributed by atoms with Crippen molar-refractivity contribution in [3.8, 4) is 34.5 Å². The molecule has 3 aromatic carbocycles. The van der Waals surface area contributed by atoms with E-state index in [0.29, 0.717) is 22.4 Å². The van der Waals surface area contributed by atoms with E-state index in [2.05, 4.69) is 0 Å². The van der Waals surface area contributed by atoms with E-state index in [1.165, 1.54) is 36.4 Å². The van der Waals surface area contributed by atoms with Crippen molar-refractivity contribution < 1.29 is 39.8 Å². The lowest BCUT2D eigenvalue weighted by Gasteiger charge is -2.36. The topological polar surface area (TPSA) is 137 Å². The third-order valence-electron chi connectivity index (χ3n) is 5.94. The van der Waals surface area contributed by atoms with Crippen molar-refractivity contribution in [3.63, 3.8) is 0 Å². The number of carbonyl (C=O) groups is 1. The molecule has 0 aromatic heterocycles. The number of fused-ring (bicyclic) bond motifs is 3. The SMILES string of the molecule is O=C1CC(c2ccc(O)cc2)c2c(cc(O)c3c2O[C@H](c2ccc(O)c(O)c2)[C@@H](O)C3)O1. The molecule has 3 aromatic rings. The fourth-order valence-corrected chi connectivity index (χ4v) is 4.38. The second-order valence-electron chi connectivity index (χ2n) is 8.00. The minimum Gasteiger partial charge on any atom is -0.508 e. The van der Waals surface area contributed by atoms with Crippen molar-refractivity contribution in [2.45, 2.75) is 31.0 Å². The molecule has 0 aliphatic carbocycles. The van der Waals surface area contributed by atoms with Crippen molar-refractivity contribution in [2.24, 2.45) is 0 Å². The Morgan fingerprint density at radius 3 is 2.25 bits per heavy atom. The van der Waals surface area contributed by atoms with Gasteiger partial charge in [0.05, 0.1) is 12.5 Å². The van der Waals surface area contributed by atoms with E-state index in [1.54, 1.807) is 12.1 Å². The van der Waals surface area contributed by atoms with Crippen LogP contribution in [0.2, 0.25) is 0 Å². The number of phenolic OH excluding ortho intramolecular Hbond substituents is 4. The number of hydrogen-bond acceptors (Lipinski definition) is 8. The van der Waals surface area contributed by atoms with Crippen molar-refractivity contribution in [3.05, 3.63) is 70.8 Å². The zero-order valence-corrected chi connectivity index (χ0v) is 16.7. The highest BCUT2D eigenvalue weighted by molar-refractivity contribution is 5.80. The second kappa shape index (κ2) is 7.35. The molecule has 3 atom stereocenters. The number of aliphatic hydroxyl groups excluding tert-OH is 1. The predicted octanol–water partition coefficient (Wildman–Crippen LogP) is 2.99. The minimum atomic E-state index is -1.03. The van der Waals surface area contributed by atoms with E-state index in [9.17, 15) is 30.3 Å². The first-order valence-corrected chi connectivity index (χ1v) is 10.1. The maximum Gasteiger partial charge on any atom is 0.312 e. The average Bonchev–Trinajstić information content (AvgIpc) is 2.75. The fraction of sp³-hybridized carbons (Fsp3) is 0.208. The van der Waals surface area contributed by atoms with Crippen molar-refractivity contribution in [1.82, 2.24) is 0 Å². The highest BCUT2D eigenvalue weighted by Crippen LogP contribution is 2.52. The van der Waals surface area contributed by atoms with Crippen LogP contribution in [0, 0.1) is 0 Å². The zero-order valence-electron chi connectivity index (χ0n) is 16.7. The van der Waals surface area contributed by atoms with E-state index >= 15 is 0 Å². The molecular formula is C24H20O8. The first-order valence-electron chi connectivity index (χ1n) is 10.1. The Morgan fingerprint density at radius 2 is 1.53 bits per heavy atom. The minimum absolute atomic E-state index is 0.0333. The van der Waals surface area contributed by atoms with Crippen LogP contribution in [0.5, 0.6) is 34.5 Å². The summed E-state index contributed by atoms with van der Waals surface area (Å²) >= 11 is 0. The van der Waals surface area contributed by atoms with Gasteiger partial charge in [0.2, 0.25) is 0 Å². The summed E-state index contributed by atoms with van der Waals surface area (Å²) in [6.07, 6.45) is -1.82. The summed E-state index contributed by atoms with van der Waals surface area (Å²) in [6, 6.07) is 11.9. The molecule has 2 aliphatic heterocycles. The zero-order chi connectivity index (χ0) is 22.6. The van der Waals surface area contributed by atoms with E-state index in [0.717, 1.165) is 5.56 Å². The van der Waals surface area contributed by atoms with Gasteiger partial charge < -0.3 is 35.0 Å². The first-order chi connectivity index (χ1) is 15.3. The van der Waals surface area contributed by atoms with Gasteiger partial charge in [0.25, 0.3) is 0 Å². The summed E-state index contributed by atoms with van der Waals surface area (Å²) in [6.45, 7) is 0. The molecule has 0 fully saturated rings. The van der Waals surface area contributed by atoms with Gasteiger partial charge in [-0.25, -0.2) is 0 Å². The number of phenols is 4. The lowest BCUT2D eigenvalue weighted by molar-refractivity contribution is -0.135. The molecule has 1 unspecified atom stereocenters. The summed E-state index contributed by atoms with van der Waals surface area (Å²) < 4.78 is 11.6. The van der Waals surface area contributed by atoms with Crippen LogP contribution in [0.4, 0.5) is 0 Å². The van der Waals surface area contributed by atoms with Crippen LogP contribution in [0.3, 0.4) is 0 Å². The number of rotatable bonds is 2. The Morgan fingerprint density at radius 1 is 0.812 bits per heavy atom. The molecule has 0 bridgehead atoms. The van der Waals surface area contributed by atoms with E-state index < -0.39 is 24.1 Å². The molecule has 2 aliphatic rings. The van der Waals surface area contributed by atoms with Crippen LogP contribution in [0.1, 0.15) is 40.7 Å². The van der Waals surface area contributed by atoms with Crippen LogP contribution in [-0.2, 0) is 11.2 Å². The lowest BCUT2D eigenvalue weighted by Crippen LogP contribution is -2.32. The maximum absolute atomic E-state index is 12.3. The number of aliphatic hydroxyl groups is 1. The molecule has 32 heavy (non-hydrogen) atoms. The summed E-state index contributed by atoms with van der Waals surface area (Å²) in [5, 5.41) is 50.4. The smallest absolute Gasteiger partial charge is 0.312 e.